The maximum Gasteiger partial charge on any atom is 0.218 e. The average Bonchev–Trinajstić information content (AvgIpc) is 3.18. The second kappa shape index (κ2) is 7.17. The van der Waals surface area contributed by atoms with Crippen molar-refractivity contribution in [2.24, 2.45) is 5.41 Å². The van der Waals surface area contributed by atoms with E-state index in [0.29, 0.717) is 11.1 Å². The molecule has 3 aliphatic rings. The summed E-state index contributed by atoms with van der Waals surface area (Å²) in [5.41, 5.74) is 1.12. The minimum atomic E-state index is -1.83. The Labute approximate surface area is 144 Å². The summed E-state index contributed by atoms with van der Waals surface area (Å²) in [4.78, 5) is 0. The van der Waals surface area contributed by atoms with Crippen LogP contribution in [0.4, 0.5) is 0 Å². The van der Waals surface area contributed by atoms with Gasteiger partial charge in [0, 0.05) is 7.11 Å². The summed E-state index contributed by atoms with van der Waals surface area (Å²) in [5.74, 6) is 0. The molecule has 0 aromatic rings. The molecule has 0 radical (unpaired) electrons. The van der Waals surface area contributed by atoms with Gasteiger partial charge in [0.15, 0.2) is 0 Å². The highest BCUT2D eigenvalue weighted by molar-refractivity contribution is 6.73. The Kier molecular flexibility index (Phi) is 5.59. The fraction of sp³-hybridized carbons (Fsp3) is 1.00. The van der Waals surface area contributed by atoms with Gasteiger partial charge in [-0.05, 0) is 56.5 Å². The standard InChI is InChI=1S/C20H38O2Si/c1-4-17-23(3)18(21-2)11-5-6-12-19(13-7-8-14-19)20(22-23)15-9-10-16-20/h18H,4-17H2,1-3H3. The molecule has 2 aliphatic carbocycles. The van der Waals surface area contributed by atoms with Crippen molar-refractivity contribution in [3.63, 3.8) is 0 Å². The molecule has 0 amide bonds. The van der Waals surface area contributed by atoms with Crippen LogP contribution in [0.1, 0.15) is 90.4 Å². The second-order valence-electron chi connectivity index (χ2n) is 8.82. The molecule has 0 N–H and O–H groups in total. The topological polar surface area (TPSA) is 18.5 Å². The fourth-order valence-corrected chi connectivity index (χ4v) is 10.5. The molecule has 1 aliphatic heterocycles. The smallest absolute Gasteiger partial charge is 0.218 e. The van der Waals surface area contributed by atoms with E-state index >= 15 is 0 Å². The maximum absolute atomic E-state index is 7.40. The summed E-state index contributed by atoms with van der Waals surface area (Å²) < 4.78 is 13.4. The molecule has 0 aromatic heterocycles. The van der Waals surface area contributed by atoms with Crippen LogP contribution >= 0.6 is 0 Å². The highest BCUT2D eigenvalue weighted by Gasteiger charge is 2.58. The number of methoxy groups -OCH3 is 1. The highest BCUT2D eigenvalue weighted by Crippen LogP contribution is 2.59. The number of hydrogen-bond acceptors (Lipinski definition) is 2. The lowest BCUT2D eigenvalue weighted by molar-refractivity contribution is -0.0734. The third kappa shape index (κ3) is 3.18. The summed E-state index contributed by atoms with van der Waals surface area (Å²) in [6.45, 7) is 4.83. The van der Waals surface area contributed by atoms with E-state index in [2.05, 4.69) is 13.5 Å². The summed E-state index contributed by atoms with van der Waals surface area (Å²) in [6.07, 6.45) is 17.8. The number of hydrogen-bond donors (Lipinski definition) is 0. The number of fused-ring (bicyclic) bond motifs is 1. The Morgan fingerprint density at radius 1 is 0.957 bits per heavy atom. The molecule has 3 heteroatoms. The Balaban J connectivity index is 1.97. The molecule has 2 spiro atoms. The van der Waals surface area contributed by atoms with Crippen molar-refractivity contribution >= 4 is 8.32 Å². The van der Waals surface area contributed by atoms with Crippen LogP contribution in [0.15, 0.2) is 0 Å². The van der Waals surface area contributed by atoms with E-state index in [1.807, 2.05) is 7.11 Å². The van der Waals surface area contributed by atoms with E-state index in [1.54, 1.807) is 0 Å². The lowest BCUT2D eigenvalue weighted by Crippen LogP contribution is -2.58. The first-order chi connectivity index (χ1) is 11.1. The van der Waals surface area contributed by atoms with Crippen molar-refractivity contribution in [2.75, 3.05) is 7.11 Å². The molecule has 1 saturated heterocycles. The van der Waals surface area contributed by atoms with Gasteiger partial charge in [-0.3, -0.25) is 0 Å². The molecule has 0 bridgehead atoms. The highest BCUT2D eigenvalue weighted by atomic mass is 28.4. The first-order valence-corrected chi connectivity index (χ1v) is 13.0. The lowest BCUT2D eigenvalue weighted by atomic mass is 9.66. The van der Waals surface area contributed by atoms with Crippen LogP contribution in [0.3, 0.4) is 0 Å². The number of ether oxygens (including phenoxy) is 1. The van der Waals surface area contributed by atoms with E-state index in [4.69, 9.17) is 9.16 Å². The van der Waals surface area contributed by atoms with E-state index < -0.39 is 8.32 Å². The normalized spacial score (nSPS) is 36.9. The molecule has 3 rings (SSSR count). The van der Waals surface area contributed by atoms with Gasteiger partial charge < -0.3 is 9.16 Å². The average molecular weight is 339 g/mol. The van der Waals surface area contributed by atoms with E-state index in [9.17, 15) is 0 Å². The molecular weight excluding hydrogens is 300 g/mol. The van der Waals surface area contributed by atoms with Gasteiger partial charge in [-0.2, -0.15) is 0 Å². The van der Waals surface area contributed by atoms with Gasteiger partial charge in [0.25, 0.3) is 0 Å². The van der Waals surface area contributed by atoms with Crippen molar-refractivity contribution < 1.29 is 9.16 Å². The van der Waals surface area contributed by atoms with Gasteiger partial charge in [-0.1, -0.05) is 51.9 Å². The van der Waals surface area contributed by atoms with Crippen LogP contribution in [-0.2, 0) is 9.16 Å². The Morgan fingerprint density at radius 2 is 1.52 bits per heavy atom. The quantitative estimate of drug-likeness (QED) is 0.588. The zero-order chi connectivity index (χ0) is 16.4. The van der Waals surface area contributed by atoms with E-state index in [0.717, 1.165) is 0 Å². The summed E-state index contributed by atoms with van der Waals surface area (Å²) >= 11 is 0. The van der Waals surface area contributed by atoms with Crippen LogP contribution in [0.25, 0.3) is 0 Å². The zero-order valence-corrected chi connectivity index (χ0v) is 16.8. The molecule has 1 heterocycles. The molecule has 2 unspecified atom stereocenters. The first kappa shape index (κ1) is 17.9. The monoisotopic (exact) mass is 338 g/mol. The van der Waals surface area contributed by atoms with Crippen LogP contribution in [-0.4, -0.2) is 26.8 Å². The van der Waals surface area contributed by atoms with Crippen molar-refractivity contribution in [3.05, 3.63) is 0 Å². The third-order valence-electron chi connectivity index (χ3n) is 7.45. The predicted molar refractivity (Wildman–Crippen MR) is 99.2 cm³/mol. The van der Waals surface area contributed by atoms with Gasteiger partial charge >= 0.3 is 0 Å². The molecule has 134 valence electrons. The van der Waals surface area contributed by atoms with Crippen LogP contribution in [0.2, 0.25) is 12.6 Å². The number of rotatable bonds is 3. The van der Waals surface area contributed by atoms with Crippen LogP contribution in [0.5, 0.6) is 0 Å². The molecule has 0 aromatic carbocycles. The molecule has 3 fully saturated rings. The molecule has 2 nitrogen and oxygen atoms in total. The summed E-state index contributed by atoms with van der Waals surface area (Å²) in [5, 5.41) is 0. The predicted octanol–water partition coefficient (Wildman–Crippen LogP) is 5.99. The van der Waals surface area contributed by atoms with Crippen molar-refractivity contribution in [2.45, 2.75) is 114 Å². The zero-order valence-electron chi connectivity index (χ0n) is 15.8. The Bertz CT molecular complexity index is 385. The fourth-order valence-electron chi connectivity index (χ4n) is 6.36. The van der Waals surface area contributed by atoms with Crippen molar-refractivity contribution in [3.8, 4) is 0 Å². The third-order valence-corrected chi connectivity index (χ3v) is 11.7. The Hall–Kier alpha value is 0.137. The van der Waals surface area contributed by atoms with Crippen molar-refractivity contribution in [1.29, 1.82) is 0 Å². The van der Waals surface area contributed by atoms with E-state index in [-0.39, 0.29) is 5.60 Å². The largest absolute Gasteiger partial charge is 0.408 e. The van der Waals surface area contributed by atoms with Crippen molar-refractivity contribution in [1.82, 2.24) is 0 Å². The lowest BCUT2D eigenvalue weighted by Gasteiger charge is -2.52. The molecule has 23 heavy (non-hydrogen) atoms. The molecule has 2 atom stereocenters. The van der Waals surface area contributed by atoms with Gasteiger partial charge in [0.05, 0.1) is 11.3 Å². The van der Waals surface area contributed by atoms with Gasteiger partial charge in [-0.15, -0.1) is 0 Å². The SMILES string of the molecule is CCC[Si]1(C)OC2(CCCC2)C2(CCCCC1OC)CCCC2. The van der Waals surface area contributed by atoms with Crippen LogP contribution < -0.4 is 0 Å². The minimum absolute atomic E-state index is 0.209. The Morgan fingerprint density at radius 3 is 2.09 bits per heavy atom. The van der Waals surface area contributed by atoms with Gasteiger partial charge in [0.2, 0.25) is 8.32 Å². The van der Waals surface area contributed by atoms with Gasteiger partial charge in [0.1, 0.15) is 0 Å². The maximum atomic E-state index is 7.40. The second-order valence-corrected chi connectivity index (χ2v) is 12.8. The molecular formula is C20H38O2Si. The first-order valence-electron chi connectivity index (χ1n) is 10.3. The van der Waals surface area contributed by atoms with E-state index in [1.165, 1.54) is 89.5 Å². The summed E-state index contributed by atoms with van der Waals surface area (Å²) in [6, 6.07) is 1.27. The van der Waals surface area contributed by atoms with Crippen LogP contribution in [0, 0.1) is 5.41 Å². The van der Waals surface area contributed by atoms with Gasteiger partial charge in [-0.25, -0.2) is 0 Å². The minimum Gasteiger partial charge on any atom is -0.408 e. The summed E-state index contributed by atoms with van der Waals surface area (Å²) in [7, 11) is 0.0961. The molecule has 2 saturated carbocycles.